The van der Waals surface area contributed by atoms with Crippen LogP contribution in [0.4, 0.5) is 26.2 Å². The van der Waals surface area contributed by atoms with Crippen LogP contribution in [-0.4, -0.2) is 60.5 Å². The van der Waals surface area contributed by atoms with Gasteiger partial charge in [0.05, 0.1) is 17.1 Å². The number of primary amides is 1. The number of nitrogens with zero attached hydrogens (tertiary/aromatic N) is 3. The number of nitrogens with two attached hydrogens (primary N) is 3. The summed E-state index contributed by atoms with van der Waals surface area (Å²) in [6.45, 7) is 3.21. The predicted molar refractivity (Wildman–Crippen MR) is 111 cm³/mol. The summed E-state index contributed by atoms with van der Waals surface area (Å²) >= 11 is 0. The van der Waals surface area contributed by atoms with Crippen molar-refractivity contribution < 1.29 is 19.5 Å². The Morgan fingerprint density at radius 1 is 1.37 bits per heavy atom. The maximum Gasteiger partial charge on any atom is 0.312 e. The molecular weight excluding hydrogens is 393 g/mol. The molecule has 1 saturated heterocycles. The molecule has 1 aromatic rings. The molecule has 2 heterocycles. The zero-order valence-corrected chi connectivity index (χ0v) is 17.0. The Morgan fingerprint density at radius 3 is 2.70 bits per heavy atom. The molecule has 2 aliphatic heterocycles. The second-order valence-corrected chi connectivity index (χ2v) is 8.49. The van der Waals surface area contributed by atoms with Crippen molar-refractivity contribution in [3.8, 4) is 0 Å². The number of hydroxylamine groups is 1. The van der Waals surface area contributed by atoms with Crippen molar-refractivity contribution in [1.82, 2.24) is 5.32 Å². The van der Waals surface area contributed by atoms with Crippen molar-refractivity contribution in [2.45, 2.75) is 50.7 Å². The highest BCUT2D eigenvalue weighted by Gasteiger charge is 2.45. The van der Waals surface area contributed by atoms with E-state index in [1.165, 1.54) is 6.07 Å². The minimum atomic E-state index is -1.09. The lowest BCUT2D eigenvalue weighted by Crippen LogP contribution is -2.60. The van der Waals surface area contributed by atoms with Gasteiger partial charge in [0.15, 0.2) is 6.23 Å². The third-order valence-electron chi connectivity index (χ3n) is 6.42. The minimum absolute atomic E-state index is 0.0690. The van der Waals surface area contributed by atoms with Crippen LogP contribution in [0.5, 0.6) is 0 Å². The molecule has 4 atom stereocenters. The third-order valence-corrected chi connectivity index (χ3v) is 6.42. The summed E-state index contributed by atoms with van der Waals surface area (Å²) in [7, 11) is 0. The van der Waals surface area contributed by atoms with Gasteiger partial charge < -0.3 is 37.4 Å². The van der Waals surface area contributed by atoms with Crippen LogP contribution in [-0.2, 0) is 0 Å². The van der Waals surface area contributed by atoms with Crippen molar-refractivity contribution in [3.05, 3.63) is 17.4 Å². The van der Waals surface area contributed by atoms with E-state index in [2.05, 4.69) is 5.32 Å². The summed E-state index contributed by atoms with van der Waals surface area (Å²) in [4.78, 5) is 14.7. The average molecular weight is 423 g/mol. The third kappa shape index (κ3) is 3.51. The number of urea groups is 1. The average Bonchev–Trinajstić information content (AvgIpc) is 3.42. The standard InChI is InChI=1S/C19H30FN7O3/c1-9-15(25-5-4-10(8-25)13(21)7-24-19(23)29)12(20)6-14-16(9)26(11-2-3-11)18(28)17(22)27(14)30/h6,10-11,13,17-18,28,30H,2-5,7-8,21-22H2,1H3,(H3,23,24,29)/t10?,13?,17?,18-/m1/s1. The summed E-state index contributed by atoms with van der Waals surface area (Å²) in [5, 5.41) is 24.4. The fourth-order valence-electron chi connectivity index (χ4n) is 4.69. The fourth-order valence-corrected chi connectivity index (χ4v) is 4.69. The van der Waals surface area contributed by atoms with E-state index in [-0.39, 0.29) is 30.2 Å². The highest BCUT2D eigenvalue weighted by atomic mass is 19.1. The van der Waals surface area contributed by atoms with E-state index >= 15 is 4.39 Å². The van der Waals surface area contributed by atoms with Crippen LogP contribution in [0, 0.1) is 18.7 Å². The predicted octanol–water partition coefficient (Wildman–Crippen LogP) is -0.263. The Morgan fingerprint density at radius 2 is 2.07 bits per heavy atom. The number of anilines is 3. The maximum absolute atomic E-state index is 15.2. The van der Waals surface area contributed by atoms with Gasteiger partial charge in [0.2, 0.25) is 0 Å². The molecule has 0 radical (unpaired) electrons. The van der Waals surface area contributed by atoms with Crippen molar-refractivity contribution >= 4 is 23.1 Å². The van der Waals surface area contributed by atoms with Gasteiger partial charge in [-0.2, -0.15) is 0 Å². The lowest BCUT2D eigenvalue weighted by molar-refractivity contribution is 0.0780. The van der Waals surface area contributed by atoms with Gasteiger partial charge in [0, 0.05) is 43.3 Å². The van der Waals surface area contributed by atoms with E-state index < -0.39 is 24.2 Å². The Kier molecular flexibility index (Phi) is 5.39. The Hall–Kier alpha value is -2.34. The van der Waals surface area contributed by atoms with E-state index in [1.807, 2.05) is 4.90 Å². The van der Waals surface area contributed by atoms with Gasteiger partial charge >= 0.3 is 6.03 Å². The Labute approximate surface area is 174 Å². The number of hydrogen-bond donors (Lipinski definition) is 6. The van der Waals surface area contributed by atoms with Crippen LogP contribution in [0.15, 0.2) is 6.07 Å². The van der Waals surface area contributed by atoms with Gasteiger partial charge in [-0.3, -0.25) is 5.21 Å². The number of aliphatic hydroxyl groups is 1. The highest BCUT2D eigenvalue weighted by molar-refractivity contribution is 5.83. The molecule has 30 heavy (non-hydrogen) atoms. The zero-order valence-electron chi connectivity index (χ0n) is 17.0. The minimum Gasteiger partial charge on any atom is -0.370 e. The van der Waals surface area contributed by atoms with Crippen LogP contribution in [0.3, 0.4) is 0 Å². The molecule has 10 nitrogen and oxygen atoms in total. The summed E-state index contributed by atoms with van der Waals surface area (Å²) < 4.78 is 15.2. The summed E-state index contributed by atoms with van der Waals surface area (Å²) in [6.07, 6.45) is 0.424. The first-order valence-electron chi connectivity index (χ1n) is 10.3. The molecule has 3 unspecified atom stereocenters. The van der Waals surface area contributed by atoms with Gasteiger partial charge in [-0.1, -0.05) is 0 Å². The number of fused-ring (bicyclic) bond motifs is 1. The summed E-state index contributed by atoms with van der Waals surface area (Å²) in [5.74, 6) is -0.395. The van der Waals surface area contributed by atoms with Crippen molar-refractivity contribution in [3.63, 3.8) is 0 Å². The first kappa shape index (κ1) is 20.9. The molecule has 11 heteroatoms. The molecule has 0 spiro atoms. The SMILES string of the molecule is Cc1c(N2CCC(C(N)CNC(N)=O)C2)c(F)cc2c1N(C1CC1)[C@H](O)C(N)N2O. The molecular formula is C19H30FN7O3. The number of aliphatic hydroxyl groups excluding tert-OH is 1. The number of halogens is 1. The second-order valence-electron chi connectivity index (χ2n) is 8.49. The first-order chi connectivity index (χ1) is 14.2. The fraction of sp³-hybridized carbons (Fsp3) is 0.632. The number of hydrogen-bond acceptors (Lipinski definition) is 8. The molecule has 0 bridgehead atoms. The molecule has 3 aliphatic rings. The quantitative estimate of drug-likeness (QED) is 0.378. The van der Waals surface area contributed by atoms with Crippen molar-refractivity contribution in [2.75, 3.05) is 34.5 Å². The normalized spacial score (nSPS) is 27.3. The molecule has 0 aromatic heterocycles. The monoisotopic (exact) mass is 423 g/mol. The maximum atomic E-state index is 15.2. The molecule has 9 N–H and O–H groups in total. The lowest BCUT2D eigenvalue weighted by Gasteiger charge is -2.45. The lowest BCUT2D eigenvalue weighted by atomic mass is 9.99. The van der Waals surface area contributed by atoms with Crippen molar-refractivity contribution in [2.24, 2.45) is 23.1 Å². The summed E-state index contributed by atoms with van der Waals surface area (Å²) in [6, 6.07) is 0.484. The van der Waals surface area contributed by atoms with E-state index in [0.717, 1.165) is 24.3 Å². The molecule has 2 fully saturated rings. The number of amides is 2. The number of carbonyl (C=O) groups excluding carboxylic acids is 1. The van der Waals surface area contributed by atoms with Gasteiger partial charge in [-0.15, -0.1) is 0 Å². The van der Waals surface area contributed by atoms with Gasteiger partial charge in [0.25, 0.3) is 0 Å². The zero-order chi connectivity index (χ0) is 21.7. The van der Waals surface area contributed by atoms with Crippen LogP contribution in [0.1, 0.15) is 24.8 Å². The summed E-state index contributed by atoms with van der Waals surface area (Å²) in [5.41, 5.74) is 19.2. The van der Waals surface area contributed by atoms with Crippen LogP contribution in [0.2, 0.25) is 0 Å². The first-order valence-corrected chi connectivity index (χ1v) is 10.3. The number of carbonyl (C=O) groups is 1. The molecule has 1 aliphatic carbocycles. The highest BCUT2D eigenvalue weighted by Crippen LogP contribution is 2.48. The molecule has 1 saturated carbocycles. The topological polar surface area (TPSA) is 157 Å². The van der Waals surface area contributed by atoms with Crippen LogP contribution in [0.25, 0.3) is 0 Å². The molecule has 4 rings (SSSR count). The largest absolute Gasteiger partial charge is 0.370 e. The molecule has 2 amide bonds. The van der Waals surface area contributed by atoms with Crippen LogP contribution >= 0.6 is 0 Å². The Balaban J connectivity index is 1.64. The van der Waals surface area contributed by atoms with Crippen molar-refractivity contribution in [1.29, 1.82) is 0 Å². The van der Waals surface area contributed by atoms with Crippen LogP contribution < -0.4 is 37.4 Å². The molecule has 1 aromatic carbocycles. The van der Waals surface area contributed by atoms with Gasteiger partial charge in [-0.05, 0) is 32.1 Å². The van der Waals surface area contributed by atoms with E-state index in [9.17, 15) is 15.1 Å². The second kappa shape index (κ2) is 7.73. The van der Waals surface area contributed by atoms with E-state index in [0.29, 0.717) is 30.0 Å². The number of benzene rings is 1. The van der Waals surface area contributed by atoms with E-state index in [1.54, 1.807) is 11.8 Å². The Bertz CT molecular complexity index is 837. The number of nitrogens with one attached hydrogen (secondary N) is 1. The molecule has 166 valence electrons. The number of rotatable bonds is 5. The smallest absolute Gasteiger partial charge is 0.312 e. The van der Waals surface area contributed by atoms with E-state index in [4.69, 9.17) is 17.2 Å². The van der Waals surface area contributed by atoms with Gasteiger partial charge in [-0.25, -0.2) is 14.2 Å². The van der Waals surface area contributed by atoms with Gasteiger partial charge in [0.1, 0.15) is 12.0 Å².